The maximum Gasteiger partial charge on any atom is 0.242 e. The highest BCUT2D eigenvalue weighted by atomic mass is 35.5. The van der Waals surface area contributed by atoms with Gasteiger partial charge in [0.15, 0.2) is 0 Å². The summed E-state index contributed by atoms with van der Waals surface area (Å²) in [5, 5.41) is 0.159. The zero-order chi connectivity index (χ0) is 14.8. The van der Waals surface area contributed by atoms with Crippen LogP contribution in [0.3, 0.4) is 0 Å². The van der Waals surface area contributed by atoms with Gasteiger partial charge in [-0.2, -0.15) is 0 Å². The lowest BCUT2D eigenvalue weighted by Crippen LogP contribution is -2.27. The van der Waals surface area contributed by atoms with Gasteiger partial charge in [-0.15, -0.1) is 0 Å². The van der Waals surface area contributed by atoms with Crippen LogP contribution in [-0.4, -0.2) is 8.42 Å². The van der Waals surface area contributed by atoms with Crippen LogP contribution >= 0.6 is 11.6 Å². The van der Waals surface area contributed by atoms with E-state index in [0.717, 1.165) is 0 Å². The second-order valence-electron chi connectivity index (χ2n) is 4.32. The number of hydrogen-bond acceptors (Lipinski definition) is 2. The summed E-state index contributed by atoms with van der Waals surface area (Å²) in [6.07, 6.45) is 0. The molecule has 0 spiro atoms. The molecular formula is C14H13ClFNO2S. The molecule has 0 saturated heterocycles. The Morgan fingerprint density at radius 1 is 1.10 bits per heavy atom. The molecule has 1 N–H and O–H groups in total. The minimum Gasteiger partial charge on any atom is -0.207 e. The quantitative estimate of drug-likeness (QED) is 0.938. The van der Waals surface area contributed by atoms with E-state index in [2.05, 4.69) is 4.72 Å². The van der Waals surface area contributed by atoms with Gasteiger partial charge >= 0.3 is 0 Å². The largest absolute Gasteiger partial charge is 0.242 e. The lowest BCUT2D eigenvalue weighted by Gasteiger charge is -2.15. The zero-order valence-corrected chi connectivity index (χ0v) is 12.2. The van der Waals surface area contributed by atoms with Crippen molar-refractivity contribution in [1.29, 1.82) is 0 Å². The molecule has 2 rings (SSSR count). The summed E-state index contributed by atoms with van der Waals surface area (Å²) in [7, 11) is -3.72. The van der Waals surface area contributed by atoms with E-state index in [1.807, 2.05) is 0 Å². The van der Waals surface area contributed by atoms with E-state index in [1.165, 1.54) is 36.4 Å². The standard InChI is InChI=1S/C14H13ClFNO2S/c1-10(11-6-8-12(16)9-7-11)17-20(18,19)14-5-3-2-4-13(14)15/h2-10,17H,1H3. The van der Waals surface area contributed by atoms with Crippen molar-refractivity contribution in [3.05, 3.63) is 64.9 Å². The van der Waals surface area contributed by atoms with Crippen molar-refractivity contribution < 1.29 is 12.8 Å². The Morgan fingerprint density at radius 3 is 2.30 bits per heavy atom. The molecule has 0 amide bonds. The van der Waals surface area contributed by atoms with Gasteiger partial charge in [-0.3, -0.25) is 0 Å². The lowest BCUT2D eigenvalue weighted by molar-refractivity contribution is 0.566. The van der Waals surface area contributed by atoms with Gasteiger partial charge in [0.1, 0.15) is 10.7 Å². The zero-order valence-electron chi connectivity index (χ0n) is 10.7. The van der Waals surface area contributed by atoms with Gasteiger partial charge < -0.3 is 0 Å². The number of sulfonamides is 1. The molecule has 2 aromatic carbocycles. The van der Waals surface area contributed by atoms with E-state index in [0.29, 0.717) is 5.56 Å². The first kappa shape index (κ1) is 15.0. The molecule has 0 saturated carbocycles. The van der Waals surface area contributed by atoms with Crippen LogP contribution in [0.5, 0.6) is 0 Å². The first-order chi connectivity index (χ1) is 9.40. The highest BCUT2D eigenvalue weighted by molar-refractivity contribution is 7.89. The molecule has 20 heavy (non-hydrogen) atoms. The summed E-state index contributed by atoms with van der Waals surface area (Å²) >= 11 is 5.89. The fourth-order valence-electron chi connectivity index (χ4n) is 1.78. The van der Waals surface area contributed by atoms with Gasteiger partial charge in [0.05, 0.1) is 5.02 Å². The summed E-state index contributed by atoms with van der Waals surface area (Å²) in [4.78, 5) is 0.0237. The van der Waals surface area contributed by atoms with E-state index in [9.17, 15) is 12.8 Å². The number of nitrogens with one attached hydrogen (secondary N) is 1. The predicted molar refractivity (Wildman–Crippen MR) is 76.6 cm³/mol. The van der Waals surface area contributed by atoms with Gasteiger partial charge in [0.25, 0.3) is 0 Å². The third-order valence-electron chi connectivity index (χ3n) is 2.83. The summed E-state index contributed by atoms with van der Waals surface area (Å²) in [6, 6.07) is 11.4. The Bertz CT molecular complexity index is 701. The minimum absolute atomic E-state index is 0.0237. The third-order valence-corrected chi connectivity index (χ3v) is 4.87. The van der Waals surface area contributed by atoms with Crippen LogP contribution in [0.15, 0.2) is 53.4 Å². The normalized spacial score (nSPS) is 13.2. The molecular weight excluding hydrogens is 301 g/mol. The van der Waals surface area contributed by atoms with E-state index >= 15 is 0 Å². The van der Waals surface area contributed by atoms with Crippen LogP contribution in [0.2, 0.25) is 5.02 Å². The fraction of sp³-hybridized carbons (Fsp3) is 0.143. The van der Waals surface area contributed by atoms with Crippen molar-refractivity contribution in [2.75, 3.05) is 0 Å². The van der Waals surface area contributed by atoms with E-state index in [1.54, 1.807) is 19.1 Å². The highest BCUT2D eigenvalue weighted by Crippen LogP contribution is 2.23. The fourth-order valence-corrected chi connectivity index (χ4v) is 3.53. The number of benzene rings is 2. The summed E-state index contributed by atoms with van der Waals surface area (Å²) < 4.78 is 39.8. The van der Waals surface area contributed by atoms with Crippen LogP contribution in [0.25, 0.3) is 0 Å². The molecule has 1 unspecified atom stereocenters. The van der Waals surface area contributed by atoms with Gasteiger partial charge in [-0.05, 0) is 36.8 Å². The van der Waals surface area contributed by atoms with Gasteiger partial charge in [0.2, 0.25) is 10.0 Å². The van der Waals surface area contributed by atoms with Crippen molar-refractivity contribution in [3.8, 4) is 0 Å². The topological polar surface area (TPSA) is 46.2 Å². The Balaban J connectivity index is 2.24. The van der Waals surface area contributed by atoms with Gasteiger partial charge in [0, 0.05) is 6.04 Å². The maximum atomic E-state index is 12.8. The molecule has 6 heteroatoms. The van der Waals surface area contributed by atoms with Crippen LogP contribution in [-0.2, 0) is 10.0 Å². The maximum absolute atomic E-state index is 12.8. The molecule has 2 aromatic rings. The number of hydrogen-bond donors (Lipinski definition) is 1. The number of halogens is 2. The van der Waals surface area contributed by atoms with Crippen LogP contribution in [0.4, 0.5) is 4.39 Å². The highest BCUT2D eigenvalue weighted by Gasteiger charge is 2.20. The van der Waals surface area contributed by atoms with Crippen molar-refractivity contribution >= 4 is 21.6 Å². The van der Waals surface area contributed by atoms with Crippen molar-refractivity contribution in [2.45, 2.75) is 17.9 Å². The molecule has 1 atom stereocenters. The van der Waals surface area contributed by atoms with Gasteiger partial charge in [-0.25, -0.2) is 17.5 Å². The lowest BCUT2D eigenvalue weighted by atomic mass is 10.1. The average molecular weight is 314 g/mol. The first-order valence-electron chi connectivity index (χ1n) is 5.92. The van der Waals surface area contributed by atoms with Crippen LogP contribution in [0.1, 0.15) is 18.5 Å². The Labute approximate surface area is 122 Å². The van der Waals surface area contributed by atoms with Crippen molar-refractivity contribution in [1.82, 2.24) is 4.72 Å². The Kier molecular flexibility index (Phi) is 4.42. The summed E-state index contributed by atoms with van der Waals surface area (Å²) in [6.45, 7) is 1.68. The molecule has 0 heterocycles. The summed E-state index contributed by atoms with van der Waals surface area (Å²) in [5.41, 5.74) is 0.669. The molecule has 0 aliphatic carbocycles. The smallest absolute Gasteiger partial charge is 0.207 e. The molecule has 0 bridgehead atoms. The van der Waals surface area contributed by atoms with Crippen molar-refractivity contribution in [3.63, 3.8) is 0 Å². The molecule has 0 radical (unpaired) electrons. The molecule has 3 nitrogen and oxygen atoms in total. The third kappa shape index (κ3) is 3.36. The molecule has 0 aliphatic rings. The molecule has 0 aliphatic heterocycles. The molecule has 106 valence electrons. The SMILES string of the molecule is CC(NS(=O)(=O)c1ccccc1Cl)c1ccc(F)cc1. The van der Waals surface area contributed by atoms with Crippen LogP contribution < -0.4 is 4.72 Å². The second kappa shape index (κ2) is 5.91. The van der Waals surface area contributed by atoms with E-state index < -0.39 is 16.1 Å². The van der Waals surface area contributed by atoms with Crippen molar-refractivity contribution in [2.24, 2.45) is 0 Å². The number of rotatable bonds is 4. The monoisotopic (exact) mass is 313 g/mol. The van der Waals surface area contributed by atoms with E-state index in [-0.39, 0.29) is 15.7 Å². The second-order valence-corrected chi connectivity index (χ2v) is 6.41. The average Bonchev–Trinajstić information content (AvgIpc) is 2.39. The Hall–Kier alpha value is -1.43. The minimum atomic E-state index is -3.72. The Morgan fingerprint density at radius 2 is 1.70 bits per heavy atom. The van der Waals surface area contributed by atoms with E-state index in [4.69, 9.17) is 11.6 Å². The first-order valence-corrected chi connectivity index (χ1v) is 7.78. The summed E-state index contributed by atoms with van der Waals surface area (Å²) in [5.74, 6) is -0.366. The predicted octanol–water partition coefficient (Wildman–Crippen LogP) is 3.52. The van der Waals surface area contributed by atoms with Crippen LogP contribution in [0, 0.1) is 5.82 Å². The molecule has 0 aromatic heterocycles. The molecule has 0 fully saturated rings. The van der Waals surface area contributed by atoms with Gasteiger partial charge in [-0.1, -0.05) is 35.9 Å².